The molecule has 0 spiro atoms. The predicted molar refractivity (Wildman–Crippen MR) is 46.6 cm³/mol. The lowest BCUT2D eigenvalue weighted by Gasteiger charge is -2.22. The van der Waals surface area contributed by atoms with E-state index >= 15 is 0 Å². The molecule has 2 nitrogen and oxygen atoms in total. The van der Waals surface area contributed by atoms with Crippen LogP contribution in [-0.2, 0) is 4.84 Å². The average Bonchev–Trinajstić information content (AvgIpc) is 2.09. The number of rotatable bonds is 1. The fourth-order valence-electron chi connectivity index (χ4n) is 1.29. The first-order valence-corrected chi connectivity index (χ1v) is 4.21. The summed E-state index contributed by atoms with van der Waals surface area (Å²) in [7, 11) is 0. The van der Waals surface area contributed by atoms with Gasteiger partial charge in [0.25, 0.3) is 0 Å². The molecule has 0 aromatic rings. The van der Waals surface area contributed by atoms with Crippen LogP contribution in [0, 0.1) is 11.8 Å². The quantitative estimate of drug-likeness (QED) is 0.570. The van der Waals surface area contributed by atoms with Gasteiger partial charge in [0.15, 0.2) is 0 Å². The molecule has 0 bridgehead atoms. The Kier molecular flexibility index (Phi) is 1.95. The first kappa shape index (κ1) is 8.57. The Hall–Kier alpha value is -0.530. The fraction of sp³-hybridized carbons (Fsp3) is 0.889. The Bertz CT molecular complexity index is 182. The van der Waals surface area contributed by atoms with Crippen LogP contribution in [0.25, 0.3) is 0 Å². The average molecular weight is 155 g/mol. The third kappa shape index (κ3) is 1.39. The Morgan fingerprint density at radius 1 is 1.45 bits per heavy atom. The van der Waals surface area contributed by atoms with Crippen molar-refractivity contribution < 1.29 is 4.84 Å². The van der Waals surface area contributed by atoms with Crippen LogP contribution in [0.4, 0.5) is 0 Å². The van der Waals surface area contributed by atoms with Crippen LogP contribution in [0.5, 0.6) is 0 Å². The van der Waals surface area contributed by atoms with Crippen LogP contribution >= 0.6 is 0 Å². The summed E-state index contributed by atoms with van der Waals surface area (Å²) in [5.41, 5.74) is 1.09. The Balaban J connectivity index is 2.75. The van der Waals surface area contributed by atoms with E-state index in [-0.39, 0.29) is 5.60 Å². The maximum Gasteiger partial charge on any atom is 0.140 e. The molecule has 0 amide bonds. The van der Waals surface area contributed by atoms with Crippen molar-refractivity contribution in [1.82, 2.24) is 0 Å². The van der Waals surface area contributed by atoms with Crippen molar-refractivity contribution in [1.29, 1.82) is 0 Å². The predicted octanol–water partition coefficient (Wildman–Crippen LogP) is 2.44. The van der Waals surface area contributed by atoms with Crippen molar-refractivity contribution >= 4 is 5.71 Å². The summed E-state index contributed by atoms with van der Waals surface area (Å²) in [6.45, 7) is 10.6. The molecule has 1 aliphatic heterocycles. The number of oxime groups is 1. The molecule has 0 radical (unpaired) electrons. The number of nitrogens with zero attached hydrogens (tertiary/aromatic N) is 1. The smallest absolute Gasteiger partial charge is 0.140 e. The second-order valence-electron chi connectivity index (χ2n) is 4.09. The molecule has 0 aromatic carbocycles. The van der Waals surface area contributed by atoms with Gasteiger partial charge in [-0.2, -0.15) is 0 Å². The van der Waals surface area contributed by atoms with Crippen LogP contribution in [0.2, 0.25) is 0 Å². The van der Waals surface area contributed by atoms with Gasteiger partial charge in [0.05, 0.1) is 5.71 Å². The first-order valence-electron chi connectivity index (χ1n) is 4.21. The molecule has 0 saturated carbocycles. The highest BCUT2D eigenvalue weighted by Gasteiger charge is 2.38. The summed E-state index contributed by atoms with van der Waals surface area (Å²) in [4.78, 5) is 5.31. The van der Waals surface area contributed by atoms with Gasteiger partial charge >= 0.3 is 0 Å². The monoisotopic (exact) mass is 155 g/mol. The Labute approximate surface area is 68.6 Å². The molecule has 0 saturated heterocycles. The molecular formula is C9H17NO. The van der Waals surface area contributed by atoms with E-state index in [0.29, 0.717) is 11.8 Å². The molecule has 1 rings (SSSR count). The SMILES string of the molecule is CC(C)C1=NOC(C)(C)C1C. The van der Waals surface area contributed by atoms with Gasteiger partial charge in [-0.15, -0.1) is 0 Å². The highest BCUT2D eigenvalue weighted by atomic mass is 16.7. The van der Waals surface area contributed by atoms with E-state index in [1.54, 1.807) is 0 Å². The van der Waals surface area contributed by atoms with Gasteiger partial charge < -0.3 is 4.84 Å². The van der Waals surface area contributed by atoms with Gasteiger partial charge in [0.1, 0.15) is 5.60 Å². The Morgan fingerprint density at radius 2 is 2.00 bits per heavy atom. The van der Waals surface area contributed by atoms with Crippen molar-refractivity contribution in [2.75, 3.05) is 0 Å². The van der Waals surface area contributed by atoms with Crippen LogP contribution in [-0.4, -0.2) is 11.3 Å². The molecule has 0 aromatic heterocycles. The molecule has 11 heavy (non-hydrogen) atoms. The summed E-state index contributed by atoms with van der Waals surface area (Å²) in [5, 5.41) is 4.09. The van der Waals surface area contributed by atoms with Crippen LogP contribution < -0.4 is 0 Å². The maximum atomic E-state index is 5.31. The molecule has 64 valence electrons. The summed E-state index contributed by atoms with van der Waals surface area (Å²) in [6.07, 6.45) is 0. The van der Waals surface area contributed by atoms with Crippen LogP contribution in [0.15, 0.2) is 5.16 Å². The van der Waals surface area contributed by atoms with E-state index in [4.69, 9.17) is 4.84 Å². The van der Waals surface area contributed by atoms with Crippen LogP contribution in [0.1, 0.15) is 34.6 Å². The normalized spacial score (nSPS) is 28.5. The summed E-state index contributed by atoms with van der Waals surface area (Å²) in [6, 6.07) is 0. The van der Waals surface area contributed by atoms with Gasteiger partial charge in [-0.05, 0) is 19.8 Å². The lowest BCUT2D eigenvalue weighted by atomic mass is 9.85. The summed E-state index contributed by atoms with van der Waals surface area (Å²) >= 11 is 0. The minimum Gasteiger partial charge on any atom is -0.389 e. The van der Waals surface area contributed by atoms with Crippen molar-refractivity contribution in [3.8, 4) is 0 Å². The van der Waals surface area contributed by atoms with Gasteiger partial charge in [-0.3, -0.25) is 0 Å². The molecule has 2 heteroatoms. The second-order valence-corrected chi connectivity index (χ2v) is 4.09. The lowest BCUT2D eigenvalue weighted by Crippen LogP contribution is -2.31. The molecule has 1 aliphatic rings. The third-order valence-electron chi connectivity index (χ3n) is 2.46. The topological polar surface area (TPSA) is 21.6 Å². The highest BCUT2D eigenvalue weighted by molar-refractivity contribution is 5.89. The van der Waals surface area contributed by atoms with E-state index in [9.17, 15) is 0 Å². The fourth-order valence-corrected chi connectivity index (χ4v) is 1.29. The molecule has 0 aliphatic carbocycles. The molecule has 1 heterocycles. The first-order chi connectivity index (χ1) is 4.95. The van der Waals surface area contributed by atoms with Crippen LogP contribution in [0.3, 0.4) is 0 Å². The zero-order valence-electron chi connectivity index (χ0n) is 8.01. The summed E-state index contributed by atoms with van der Waals surface area (Å²) in [5.74, 6) is 0.953. The van der Waals surface area contributed by atoms with Crippen molar-refractivity contribution in [2.24, 2.45) is 17.0 Å². The third-order valence-corrected chi connectivity index (χ3v) is 2.46. The second kappa shape index (κ2) is 2.50. The minimum absolute atomic E-state index is 0.0976. The van der Waals surface area contributed by atoms with E-state index in [1.165, 1.54) is 5.71 Å². The largest absolute Gasteiger partial charge is 0.389 e. The lowest BCUT2D eigenvalue weighted by molar-refractivity contribution is -0.0103. The van der Waals surface area contributed by atoms with Gasteiger partial charge in [0.2, 0.25) is 0 Å². The standard InChI is InChI=1S/C9H17NO/c1-6(2)8-7(3)9(4,5)11-10-8/h6-7H,1-5H3. The number of hydrogen-bond acceptors (Lipinski definition) is 2. The van der Waals surface area contributed by atoms with Crippen molar-refractivity contribution in [3.05, 3.63) is 0 Å². The van der Waals surface area contributed by atoms with Crippen molar-refractivity contribution in [2.45, 2.75) is 40.2 Å². The van der Waals surface area contributed by atoms with Gasteiger partial charge in [0, 0.05) is 5.92 Å². The molecule has 0 fully saturated rings. The highest BCUT2D eigenvalue weighted by Crippen LogP contribution is 2.31. The molecular weight excluding hydrogens is 138 g/mol. The van der Waals surface area contributed by atoms with E-state index < -0.39 is 0 Å². The zero-order valence-corrected chi connectivity index (χ0v) is 8.01. The van der Waals surface area contributed by atoms with Gasteiger partial charge in [-0.25, -0.2) is 0 Å². The minimum atomic E-state index is -0.0976. The van der Waals surface area contributed by atoms with Crippen molar-refractivity contribution in [3.63, 3.8) is 0 Å². The zero-order chi connectivity index (χ0) is 8.65. The van der Waals surface area contributed by atoms with Gasteiger partial charge in [-0.1, -0.05) is 25.9 Å². The molecule has 1 unspecified atom stereocenters. The molecule has 1 atom stereocenters. The van der Waals surface area contributed by atoms with E-state index in [0.717, 1.165) is 0 Å². The maximum absolute atomic E-state index is 5.31. The van der Waals surface area contributed by atoms with E-state index in [1.807, 2.05) is 0 Å². The summed E-state index contributed by atoms with van der Waals surface area (Å²) < 4.78 is 0. The molecule has 0 N–H and O–H groups in total. The Morgan fingerprint density at radius 3 is 2.18 bits per heavy atom. The number of hydrogen-bond donors (Lipinski definition) is 0. The van der Waals surface area contributed by atoms with E-state index in [2.05, 4.69) is 39.8 Å².